The predicted octanol–water partition coefficient (Wildman–Crippen LogP) is 5.50. The Labute approximate surface area is 152 Å². The monoisotopic (exact) mass is 350 g/mol. The van der Waals surface area contributed by atoms with E-state index in [0.29, 0.717) is 5.92 Å². The maximum atomic E-state index is 12.3. The summed E-state index contributed by atoms with van der Waals surface area (Å²) in [4.78, 5) is 16.8. The summed E-state index contributed by atoms with van der Waals surface area (Å²) in [6.07, 6.45) is 1.40. The van der Waals surface area contributed by atoms with E-state index in [0.717, 1.165) is 28.4 Å². The fourth-order valence-corrected chi connectivity index (χ4v) is 3.43. The Morgan fingerprint density at radius 1 is 1.12 bits per heavy atom. The summed E-state index contributed by atoms with van der Waals surface area (Å²) in [5.74, 6) is 0.498. The van der Waals surface area contributed by atoms with Gasteiger partial charge in [-0.2, -0.15) is 0 Å². The normalized spacial score (nSPS) is 11.9. The molecule has 1 atom stereocenters. The van der Waals surface area contributed by atoms with E-state index >= 15 is 0 Å². The van der Waals surface area contributed by atoms with E-state index in [2.05, 4.69) is 36.3 Å². The highest BCUT2D eigenvalue weighted by atomic mass is 32.1. The molecule has 1 heterocycles. The van der Waals surface area contributed by atoms with Gasteiger partial charge >= 0.3 is 0 Å². The Kier molecular flexibility index (Phi) is 5.61. The van der Waals surface area contributed by atoms with Crippen molar-refractivity contribution in [2.24, 2.45) is 0 Å². The molecular weight excluding hydrogens is 328 g/mol. The first-order chi connectivity index (χ1) is 12.2. The van der Waals surface area contributed by atoms with Gasteiger partial charge in [0.05, 0.1) is 12.1 Å². The zero-order chi connectivity index (χ0) is 17.6. The van der Waals surface area contributed by atoms with Gasteiger partial charge in [0.15, 0.2) is 0 Å². The van der Waals surface area contributed by atoms with Crippen LogP contribution in [0.25, 0.3) is 10.6 Å². The van der Waals surface area contributed by atoms with Crippen LogP contribution in [0.15, 0.2) is 60.0 Å². The Morgan fingerprint density at radius 3 is 2.52 bits per heavy atom. The first-order valence-electron chi connectivity index (χ1n) is 8.55. The van der Waals surface area contributed by atoms with Crippen molar-refractivity contribution < 1.29 is 4.79 Å². The molecule has 4 heteroatoms. The Morgan fingerprint density at radius 2 is 1.84 bits per heavy atom. The molecule has 128 valence electrons. The average Bonchev–Trinajstić information content (AvgIpc) is 3.10. The number of nitrogens with zero attached hydrogens (tertiary/aromatic N) is 1. The smallest absolute Gasteiger partial charge is 0.230 e. The van der Waals surface area contributed by atoms with E-state index in [1.54, 1.807) is 11.3 Å². The number of benzene rings is 2. The Bertz CT molecular complexity index is 825. The van der Waals surface area contributed by atoms with E-state index in [1.807, 2.05) is 47.8 Å². The van der Waals surface area contributed by atoms with E-state index in [9.17, 15) is 4.79 Å². The van der Waals surface area contributed by atoms with E-state index in [1.165, 1.54) is 5.56 Å². The van der Waals surface area contributed by atoms with Crippen molar-refractivity contribution in [3.05, 3.63) is 71.2 Å². The number of aromatic nitrogens is 1. The van der Waals surface area contributed by atoms with Gasteiger partial charge in [-0.3, -0.25) is 4.79 Å². The minimum absolute atomic E-state index is 0.0406. The predicted molar refractivity (Wildman–Crippen MR) is 105 cm³/mol. The number of hydrogen-bond donors (Lipinski definition) is 1. The van der Waals surface area contributed by atoms with Crippen LogP contribution >= 0.6 is 11.3 Å². The lowest BCUT2D eigenvalue weighted by molar-refractivity contribution is -0.115. The van der Waals surface area contributed by atoms with Crippen LogP contribution in [0.4, 0.5) is 5.69 Å². The second kappa shape index (κ2) is 8.08. The maximum Gasteiger partial charge on any atom is 0.230 e. The molecule has 0 fully saturated rings. The average molecular weight is 350 g/mol. The molecule has 3 aromatic rings. The number of amides is 1. The van der Waals surface area contributed by atoms with Gasteiger partial charge in [0.25, 0.3) is 0 Å². The fraction of sp³-hybridized carbons (Fsp3) is 0.238. The molecular formula is C21H22N2OS. The quantitative estimate of drug-likeness (QED) is 0.637. The first kappa shape index (κ1) is 17.4. The highest BCUT2D eigenvalue weighted by molar-refractivity contribution is 7.13. The van der Waals surface area contributed by atoms with Gasteiger partial charge in [-0.1, -0.05) is 56.3 Å². The van der Waals surface area contributed by atoms with E-state index < -0.39 is 0 Å². The summed E-state index contributed by atoms with van der Waals surface area (Å²) in [6.45, 7) is 4.39. The lowest BCUT2D eigenvalue weighted by Gasteiger charge is -2.10. The Hall–Kier alpha value is -2.46. The zero-order valence-corrected chi connectivity index (χ0v) is 15.3. The number of carbonyl (C=O) groups excluding carboxylic acids is 1. The molecule has 2 aromatic carbocycles. The SMILES string of the molecule is CC[C@@H](C)c1ccc(NC(=O)Cc2csc(-c3ccccc3)n2)cc1. The lowest BCUT2D eigenvalue weighted by Crippen LogP contribution is -2.14. The van der Waals surface area contributed by atoms with Gasteiger partial charge in [0.2, 0.25) is 5.91 Å². The summed E-state index contributed by atoms with van der Waals surface area (Å²) in [5, 5.41) is 5.85. The molecule has 3 nitrogen and oxygen atoms in total. The molecule has 25 heavy (non-hydrogen) atoms. The van der Waals surface area contributed by atoms with Gasteiger partial charge in [0.1, 0.15) is 5.01 Å². The van der Waals surface area contributed by atoms with Crippen LogP contribution in [0, 0.1) is 0 Å². The molecule has 0 aliphatic heterocycles. The van der Waals surface area contributed by atoms with Crippen LogP contribution in [0.5, 0.6) is 0 Å². The molecule has 0 saturated carbocycles. The third kappa shape index (κ3) is 4.54. The molecule has 0 radical (unpaired) electrons. The van der Waals surface area contributed by atoms with E-state index in [-0.39, 0.29) is 12.3 Å². The fourth-order valence-electron chi connectivity index (χ4n) is 2.60. The van der Waals surface area contributed by atoms with Crippen LogP contribution < -0.4 is 5.32 Å². The summed E-state index contributed by atoms with van der Waals surface area (Å²) in [6, 6.07) is 18.1. The number of nitrogens with one attached hydrogen (secondary N) is 1. The van der Waals surface area contributed by atoms with E-state index in [4.69, 9.17) is 0 Å². The standard InChI is InChI=1S/C21H22N2OS/c1-3-15(2)16-9-11-18(12-10-16)22-20(24)13-19-14-25-21(23-19)17-7-5-4-6-8-17/h4-12,14-15H,3,13H2,1-2H3,(H,22,24)/t15-/m1/s1. The molecule has 0 unspecified atom stereocenters. The van der Waals surface area contributed by atoms with Crippen molar-refractivity contribution in [2.75, 3.05) is 5.32 Å². The van der Waals surface area contributed by atoms with Crippen LogP contribution in [-0.4, -0.2) is 10.9 Å². The topological polar surface area (TPSA) is 42.0 Å². The van der Waals surface area contributed by atoms with Gasteiger partial charge in [-0.15, -0.1) is 11.3 Å². The van der Waals surface area contributed by atoms with Gasteiger partial charge in [-0.05, 0) is 30.0 Å². The van der Waals surface area contributed by atoms with Crippen LogP contribution in [0.3, 0.4) is 0 Å². The molecule has 0 spiro atoms. The molecule has 3 rings (SSSR count). The van der Waals surface area contributed by atoms with Gasteiger partial charge in [-0.25, -0.2) is 4.98 Å². The van der Waals surface area contributed by atoms with Crippen molar-refractivity contribution in [3.8, 4) is 10.6 Å². The lowest BCUT2D eigenvalue weighted by atomic mass is 9.99. The molecule has 1 aromatic heterocycles. The van der Waals surface area contributed by atoms with Crippen LogP contribution in [0.2, 0.25) is 0 Å². The third-order valence-electron chi connectivity index (χ3n) is 4.29. The highest BCUT2D eigenvalue weighted by Crippen LogP contribution is 2.24. The highest BCUT2D eigenvalue weighted by Gasteiger charge is 2.10. The Balaban J connectivity index is 1.60. The van der Waals surface area contributed by atoms with Crippen molar-refractivity contribution in [3.63, 3.8) is 0 Å². The molecule has 0 aliphatic rings. The number of anilines is 1. The minimum atomic E-state index is -0.0406. The van der Waals surface area contributed by atoms with Crippen LogP contribution in [0.1, 0.15) is 37.4 Å². The molecule has 1 N–H and O–H groups in total. The molecule has 0 bridgehead atoms. The van der Waals surface area contributed by atoms with Crippen molar-refractivity contribution in [2.45, 2.75) is 32.6 Å². The third-order valence-corrected chi connectivity index (χ3v) is 5.23. The zero-order valence-electron chi connectivity index (χ0n) is 14.5. The second-order valence-corrected chi connectivity index (χ2v) is 7.02. The first-order valence-corrected chi connectivity index (χ1v) is 9.43. The summed E-state index contributed by atoms with van der Waals surface area (Å²) < 4.78 is 0. The second-order valence-electron chi connectivity index (χ2n) is 6.17. The number of rotatable bonds is 6. The summed E-state index contributed by atoms with van der Waals surface area (Å²) in [7, 11) is 0. The summed E-state index contributed by atoms with van der Waals surface area (Å²) in [5.41, 5.74) is 4.01. The van der Waals surface area contributed by atoms with Gasteiger partial charge < -0.3 is 5.32 Å². The number of hydrogen-bond acceptors (Lipinski definition) is 3. The van der Waals surface area contributed by atoms with Crippen molar-refractivity contribution in [1.29, 1.82) is 0 Å². The largest absolute Gasteiger partial charge is 0.326 e. The molecule has 0 saturated heterocycles. The number of carbonyl (C=O) groups is 1. The van der Waals surface area contributed by atoms with Crippen LogP contribution in [-0.2, 0) is 11.2 Å². The molecule has 0 aliphatic carbocycles. The molecule has 1 amide bonds. The van der Waals surface area contributed by atoms with Crippen molar-refractivity contribution in [1.82, 2.24) is 4.98 Å². The number of thiazole rings is 1. The summed E-state index contributed by atoms with van der Waals surface area (Å²) >= 11 is 1.57. The van der Waals surface area contributed by atoms with Gasteiger partial charge in [0, 0.05) is 16.6 Å². The van der Waals surface area contributed by atoms with Crippen molar-refractivity contribution >= 4 is 22.9 Å². The maximum absolute atomic E-state index is 12.3. The minimum Gasteiger partial charge on any atom is -0.326 e.